The van der Waals surface area contributed by atoms with Crippen molar-refractivity contribution < 1.29 is 4.39 Å². The number of rotatable bonds is 3. The lowest BCUT2D eigenvalue weighted by atomic mass is 10.1. The lowest BCUT2D eigenvalue weighted by Gasteiger charge is -2.03. The van der Waals surface area contributed by atoms with Crippen molar-refractivity contribution in [2.75, 3.05) is 0 Å². The molecule has 0 N–H and O–H groups in total. The fraction of sp³-hybridized carbons (Fsp3) is 0.200. The molecule has 114 valence electrons. The maximum atomic E-state index is 12.9. The molecule has 22 heavy (non-hydrogen) atoms. The van der Waals surface area contributed by atoms with E-state index < -0.39 is 0 Å². The van der Waals surface area contributed by atoms with Gasteiger partial charge in [0.1, 0.15) is 5.82 Å². The highest BCUT2D eigenvalue weighted by Gasteiger charge is 2.05. The average Bonchev–Trinajstić information content (AvgIpc) is 3.01. The van der Waals surface area contributed by atoms with Gasteiger partial charge in [0, 0.05) is 16.2 Å². The van der Waals surface area contributed by atoms with Crippen LogP contribution in [0.2, 0.25) is 0 Å². The van der Waals surface area contributed by atoms with Gasteiger partial charge in [-0.1, -0.05) is 50.2 Å². The van der Waals surface area contributed by atoms with Crippen LogP contribution >= 0.6 is 11.3 Å². The van der Waals surface area contributed by atoms with E-state index in [1.165, 1.54) is 33.0 Å². The summed E-state index contributed by atoms with van der Waals surface area (Å²) in [5.41, 5.74) is 3.76. The number of halogens is 1. The van der Waals surface area contributed by atoms with E-state index in [0.29, 0.717) is 0 Å². The molecule has 0 bridgehead atoms. The molecule has 0 amide bonds. The van der Waals surface area contributed by atoms with Crippen molar-refractivity contribution in [3.63, 3.8) is 0 Å². The fourth-order valence-corrected chi connectivity index (χ4v) is 3.27. The minimum Gasteiger partial charge on any atom is -0.207 e. The molecule has 0 radical (unpaired) electrons. The predicted molar refractivity (Wildman–Crippen MR) is 95.0 cm³/mol. The molecule has 0 aliphatic rings. The molecule has 0 fully saturated rings. The Kier molecular flexibility index (Phi) is 5.91. The van der Waals surface area contributed by atoms with Crippen molar-refractivity contribution in [2.45, 2.75) is 27.2 Å². The molecule has 0 saturated heterocycles. The van der Waals surface area contributed by atoms with Crippen molar-refractivity contribution in [2.24, 2.45) is 0 Å². The largest absolute Gasteiger partial charge is 0.207 e. The Morgan fingerprint density at radius 1 is 0.864 bits per heavy atom. The second kappa shape index (κ2) is 7.90. The van der Waals surface area contributed by atoms with Crippen molar-refractivity contribution >= 4 is 11.3 Å². The molecule has 0 nitrogen and oxygen atoms in total. The lowest BCUT2D eigenvalue weighted by molar-refractivity contribution is 0.628. The summed E-state index contributed by atoms with van der Waals surface area (Å²) in [7, 11) is 0. The zero-order valence-electron chi connectivity index (χ0n) is 13.3. The summed E-state index contributed by atoms with van der Waals surface area (Å²) in [5.74, 6) is -0.189. The van der Waals surface area contributed by atoms with Crippen molar-refractivity contribution in [3.05, 3.63) is 82.5 Å². The van der Waals surface area contributed by atoms with Crippen LogP contribution in [-0.2, 0) is 6.42 Å². The van der Waals surface area contributed by atoms with E-state index in [9.17, 15) is 4.39 Å². The Morgan fingerprint density at radius 2 is 1.55 bits per heavy atom. The summed E-state index contributed by atoms with van der Waals surface area (Å²) in [4.78, 5) is 2.52. The standard InChI is InChI=1S/C18H15FS.C2H6/c1-13-4-2-3-5-15(13)12-17-10-11-18(20-17)14-6-8-16(19)9-7-14;1-2/h2-11H,12H2,1H3;1-2H3. The van der Waals surface area contributed by atoms with Crippen LogP contribution in [0.25, 0.3) is 10.4 Å². The minimum atomic E-state index is -0.189. The lowest BCUT2D eigenvalue weighted by Crippen LogP contribution is -1.87. The minimum absolute atomic E-state index is 0.189. The molecule has 3 aromatic rings. The van der Waals surface area contributed by atoms with E-state index in [0.717, 1.165) is 12.0 Å². The Hall–Kier alpha value is -1.93. The summed E-state index contributed by atoms with van der Waals surface area (Å²) in [6.07, 6.45) is 0.957. The van der Waals surface area contributed by atoms with Gasteiger partial charge < -0.3 is 0 Å². The number of thiophene rings is 1. The topological polar surface area (TPSA) is 0 Å². The number of hydrogen-bond acceptors (Lipinski definition) is 1. The molecule has 0 unspecified atom stereocenters. The first kappa shape index (κ1) is 16.4. The quantitative estimate of drug-likeness (QED) is 0.519. The summed E-state index contributed by atoms with van der Waals surface area (Å²) in [6.45, 7) is 6.14. The zero-order chi connectivity index (χ0) is 15.9. The first-order valence-electron chi connectivity index (χ1n) is 7.61. The van der Waals surface area contributed by atoms with Crippen LogP contribution in [-0.4, -0.2) is 0 Å². The van der Waals surface area contributed by atoms with Gasteiger partial charge in [-0.05, 0) is 47.9 Å². The van der Waals surface area contributed by atoms with E-state index in [-0.39, 0.29) is 5.82 Å². The Labute approximate surface area is 136 Å². The molecule has 0 saturated carbocycles. The van der Waals surface area contributed by atoms with Crippen LogP contribution in [0.1, 0.15) is 29.9 Å². The van der Waals surface area contributed by atoms with Gasteiger partial charge in [-0.15, -0.1) is 11.3 Å². The number of hydrogen-bond donors (Lipinski definition) is 0. The monoisotopic (exact) mass is 312 g/mol. The average molecular weight is 312 g/mol. The molecular formula is C20H21FS. The van der Waals surface area contributed by atoms with Gasteiger partial charge in [-0.3, -0.25) is 0 Å². The third-order valence-electron chi connectivity index (χ3n) is 3.42. The molecule has 1 heterocycles. The van der Waals surface area contributed by atoms with Gasteiger partial charge in [0.15, 0.2) is 0 Å². The van der Waals surface area contributed by atoms with Crippen LogP contribution < -0.4 is 0 Å². The zero-order valence-corrected chi connectivity index (χ0v) is 14.1. The van der Waals surface area contributed by atoms with Gasteiger partial charge in [-0.2, -0.15) is 0 Å². The van der Waals surface area contributed by atoms with Gasteiger partial charge in [0.25, 0.3) is 0 Å². The smallest absolute Gasteiger partial charge is 0.123 e. The second-order valence-corrected chi connectivity index (χ2v) is 6.04. The number of benzene rings is 2. The van der Waals surface area contributed by atoms with Crippen molar-refractivity contribution in [1.82, 2.24) is 0 Å². The molecule has 2 heteroatoms. The highest BCUT2D eigenvalue weighted by atomic mass is 32.1. The second-order valence-electron chi connectivity index (χ2n) is 4.88. The van der Waals surface area contributed by atoms with Gasteiger partial charge >= 0.3 is 0 Å². The first-order chi connectivity index (χ1) is 10.7. The summed E-state index contributed by atoms with van der Waals surface area (Å²) in [6, 6.07) is 19.4. The number of aryl methyl sites for hydroxylation is 1. The molecule has 2 aromatic carbocycles. The van der Waals surface area contributed by atoms with Crippen LogP contribution in [0.4, 0.5) is 4.39 Å². The van der Waals surface area contributed by atoms with Crippen molar-refractivity contribution in [1.29, 1.82) is 0 Å². The maximum absolute atomic E-state index is 12.9. The Bertz CT molecular complexity index is 711. The first-order valence-corrected chi connectivity index (χ1v) is 8.43. The fourth-order valence-electron chi connectivity index (χ4n) is 2.24. The van der Waals surface area contributed by atoms with E-state index in [1.54, 1.807) is 11.3 Å². The third kappa shape index (κ3) is 4.05. The van der Waals surface area contributed by atoms with Gasteiger partial charge in [-0.25, -0.2) is 4.39 Å². The third-order valence-corrected chi connectivity index (χ3v) is 4.55. The summed E-state index contributed by atoms with van der Waals surface area (Å²) in [5, 5.41) is 0. The van der Waals surface area contributed by atoms with E-state index in [2.05, 4.69) is 43.3 Å². The Morgan fingerprint density at radius 3 is 2.23 bits per heavy atom. The predicted octanol–water partition coefficient (Wildman–Crippen LogP) is 6.48. The molecule has 3 rings (SSSR count). The summed E-state index contributed by atoms with van der Waals surface area (Å²) >= 11 is 1.77. The highest BCUT2D eigenvalue weighted by Crippen LogP contribution is 2.29. The molecular weight excluding hydrogens is 291 g/mol. The summed E-state index contributed by atoms with van der Waals surface area (Å²) < 4.78 is 12.9. The highest BCUT2D eigenvalue weighted by molar-refractivity contribution is 7.15. The Balaban J connectivity index is 0.000000847. The van der Waals surface area contributed by atoms with Crippen LogP contribution in [0.15, 0.2) is 60.7 Å². The SMILES string of the molecule is CC.Cc1ccccc1Cc1ccc(-c2ccc(F)cc2)s1. The molecule has 1 aromatic heterocycles. The van der Waals surface area contributed by atoms with Gasteiger partial charge in [0.2, 0.25) is 0 Å². The molecule has 0 atom stereocenters. The van der Waals surface area contributed by atoms with Gasteiger partial charge in [0.05, 0.1) is 0 Å². The van der Waals surface area contributed by atoms with Crippen LogP contribution in [0.3, 0.4) is 0 Å². The molecule has 0 aliphatic heterocycles. The van der Waals surface area contributed by atoms with E-state index in [4.69, 9.17) is 0 Å². The normalized spacial score (nSPS) is 10.0. The van der Waals surface area contributed by atoms with Crippen LogP contribution in [0.5, 0.6) is 0 Å². The molecule has 0 spiro atoms. The maximum Gasteiger partial charge on any atom is 0.123 e. The van der Waals surface area contributed by atoms with Crippen LogP contribution in [0, 0.1) is 12.7 Å². The molecule has 0 aliphatic carbocycles. The van der Waals surface area contributed by atoms with E-state index in [1.807, 2.05) is 26.0 Å². The van der Waals surface area contributed by atoms with E-state index >= 15 is 0 Å². The van der Waals surface area contributed by atoms with Crippen molar-refractivity contribution in [3.8, 4) is 10.4 Å².